The molecule has 4 aromatic carbocycles. The fraction of sp³-hybridized carbons (Fsp3) is 0.105. The van der Waals surface area contributed by atoms with Crippen molar-refractivity contribution in [1.29, 1.82) is 0 Å². The zero-order valence-electron chi connectivity index (χ0n) is 25.1. The quantitative estimate of drug-likeness (QED) is 0.0979. The highest BCUT2D eigenvalue weighted by Gasteiger charge is 2.21. The summed E-state index contributed by atoms with van der Waals surface area (Å²) in [5.41, 5.74) is 12.9. The zero-order valence-corrected chi connectivity index (χ0v) is 26.6. The molecule has 1 atom stereocenters. The first-order valence-corrected chi connectivity index (χ1v) is 15.5. The van der Waals surface area contributed by atoms with E-state index in [0.717, 1.165) is 55.9 Å². The fourth-order valence-electron chi connectivity index (χ4n) is 5.11. The third kappa shape index (κ3) is 7.42. The van der Waals surface area contributed by atoms with Crippen LogP contribution in [-0.4, -0.2) is 28.0 Å². The number of rotatable bonds is 9. The first kappa shape index (κ1) is 31.0. The molecule has 8 heteroatoms. The number of hydrogen-bond acceptors (Lipinski definition) is 5. The average Bonchev–Trinajstić information content (AvgIpc) is 3.47. The van der Waals surface area contributed by atoms with E-state index in [4.69, 9.17) is 43.4 Å². The van der Waals surface area contributed by atoms with Crippen molar-refractivity contribution >= 4 is 52.6 Å². The SMILES string of the molecule is COC(=O)c1ccc(Cn2cc(C3=CC=C(Cl)CC3Cl)nc2/C=C/c2ccc(-c3ccc(Oc4ccc(N)cc4)cc3)cc2)cc1. The van der Waals surface area contributed by atoms with Crippen molar-refractivity contribution in [3.8, 4) is 22.6 Å². The number of aromatic nitrogens is 2. The van der Waals surface area contributed by atoms with Gasteiger partial charge in [0.25, 0.3) is 0 Å². The molecular weight excluding hydrogens is 617 g/mol. The number of nitrogens with zero attached hydrogens (tertiary/aromatic N) is 2. The van der Waals surface area contributed by atoms with Gasteiger partial charge in [0, 0.05) is 29.9 Å². The minimum Gasteiger partial charge on any atom is -0.465 e. The summed E-state index contributed by atoms with van der Waals surface area (Å²) >= 11 is 12.9. The lowest BCUT2D eigenvalue weighted by Gasteiger charge is -2.15. The predicted molar refractivity (Wildman–Crippen MR) is 187 cm³/mol. The molecule has 1 unspecified atom stereocenters. The van der Waals surface area contributed by atoms with E-state index in [1.807, 2.05) is 91.2 Å². The number of carbonyl (C=O) groups excluding carboxylic acids is 1. The van der Waals surface area contributed by atoms with Crippen LogP contribution in [0.2, 0.25) is 0 Å². The van der Waals surface area contributed by atoms with E-state index in [9.17, 15) is 4.79 Å². The van der Waals surface area contributed by atoms with Crippen LogP contribution in [0.3, 0.4) is 0 Å². The third-order valence-electron chi connectivity index (χ3n) is 7.63. The maximum absolute atomic E-state index is 11.9. The molecule has 1 aliphatic carbocycles. The van der Waals surface area contributed by atoms with Crippen LogP contribution in [0.4, 0.5) is 5.69 Å². The summed E-state index contributed by atoms with van der Waals surface area (Å²) in [4.78, 5) is 16.8. The number of benzene rings is 4. The maximum atomic E-state index is 11.9. The minimum atomic E-state index is -0.365. The number of halogens is 2. The third-order valence-corrected chi connectivity index (χ3v) is 8.30. The van der Waals surface area contributed by atoms with Gasteiger partial charge in [0.1, 0.15) is 17.3 Å². The number of hydrogen-bond donors (Lipinski definition) is 1. The lowest BCUT2D eigenvalue weighted by molar-refractivity contribution is 0.0600. The molecule has 1 aliphatic rings. The van der Waals surface area contributed by atoms with Crippen molar-refractivity contribution in [2.45, 2.75) is 18.3 Å². The van der Waals surface area contributed by atoms with Gasteiger partial charge in [0.2, 0.25) is 0 Å². The fourth-order valence-corrected chi connectivity index (χ4v) is 5.76. The van der Waals surface area contributed by atoms with E-state index in [1.165, 1.54) is 7.11 Å². The number of nitrogens with two attached hydrogens (primary N) is 1. The largest absolute Gasteiger partial charge is 0.465 e. The van der Waals surface area contributed by atoms with Gasteiger partial charge in [-0.25, -0.2) is 9.78 Å². The Labute approximate surface area is 278 Å². The zero-order chi connectivity index (χ0) is 32.0. The number of methoxy groups -OCH3 is 1. The summed E-state index contributed by atoms with van der Waals surface area (Å²) < 4.78 is 12.8. The van der Waals surface area contributed by atoms with Gasteiger partial charge in [-0.2, -0.15) is 0 Å². The van der Waals surface area contributed by atoms with E-state index >= 15 is 0 Å². The summed E-state index contributed by atoms with van der Waals surface area (Å²) in [6.07, 6.45) is 10.4. The average molecular weight is 649 g/mol. The van der Waals surface area contributed by atoms with Gasteiger partial charge >= 0.3 is 5.97 Å². The van der Waals surface area contributed by atoms with Crippen molar-refractivity contribution in [2.24, 2.45) is 0 Å². The Hall–Kier alpha value is -5.04. The van der Waals surface area contributed by atoms with Crippen LogP contribution in [0.5, 0.6) is 11.5 Å². The van der Waals surface area contributed by atoms with Gasteiger partial charge < -0.3 is 19.8 Å². The van der Waals surface area contributed by atoms with E-state index in [1.54, 1.807) is 12.1 Å². The van der Waals surface area contributed by atoms with Crippen LogP contribution < -0.4 is 10.5 Å². The number of carbonyl (C=O) groups is 1. The smallest absolute Gasteiger partial charge is 0.337 e. The van der Waals surface area contributed by atoms with Crippen LogP contribution >= 0.6 is 23.2 Å². The number of ether oxygens (including phenoxy) is 2. The Kier molecular flexibility index (Phi) is 9.38. The predicted octanol–water partition coefficient (Wildman–Crippen LogP) is 9.45. The first-order chi connectivity index (χ1) is 22.3. The number of allylic oxidation sites excluding steroid dienone is 4. The molecule has 1 heterocycles. The normalized spacial score (nSPS) is 14.5. The molecule has 6 rings (SSSR count). The summed E-state index contributed by atoms with van der Waals surface area (Å²) in [5, 5.41) is 0.461. The second kappa shape index (κ2) is 13.9. The summed E-state index contributed by atoms with van der Waals surface area (Å²) in [5.74, 6) is 1.90. The standard InChI is InChI=1S/C38H31Cl2N3O3/c1-45-38(44)29-9-4-26(5-10-29)23-43-24-36(34-20-13-30(39)22-35(34)40)42-37(43)21-6-25-2-7-27(8-3-25)28-11-16-32(17-12-28)46-33-18-14-31(41)15-19-33/h2-21,24,35H,22-23,41H2,1H3/b21-6+. The van der Waals surface area contributed by atoms with Crippen molar-refractivity contribution < 1.29 is 14.3 Å². The van der Waals surface area contributed by atoms with E-state index in [0.29, 0.717) is 24.2 Å². The second-order valence-corrected chi connectivity index (χ2v) is 11.9. The monoisotopic (exact) mass is 647 g/mol. The topological polar surface area (TPSA) is 79.4 Å². The maximum Gasteiger partial charge on any atom is 0.337 e. The van der Waals surface area contributed by atoms with Gasteiger partial charge in [-0.1, -0.05) is 72.3 Å². The van der Waals surface area contributed by atoms with Crippen molar-refractivity contribution in [3.05, 3.63) is 149 Å². The molecule has 46 heavy (non-hydrogen) atoms. The second-order valence-electron chi connectivity index (χ2n) is 10.9. The Morgan fingerprint density at radius 3 is 2.15 bits per heavy atom. The molecule has 0 radical (unpaired) electrons. The molecule has 6 nitrogen and oxygen atoms in total. The van der Waals surface area contributed by atoms with Gasteiger partial charge in [0.15, 0.2) is 0 Å². The summed E-state index contributed by atoms with van der Waals surface area (Å²) in [7, 11) is 1.37. The van der Waals surface area contributed by atoms with Crippen LogP contribution in [0.25, 0.3) is 28.9 Å². The number of imidazole rings is 1. The molecule has 2 N–H and O–H groups in total. The van der Waals surface area contributed by atoms with Crippen molar-refractivity contribution in [2.75, 3.05) is 12.8 Å². The molecule has 0 saturated carbocycles. The Morgan fingerprint density at radius 2 is 1.52 bits per heavy atom. The van der Waals surface area contributed by atoms with Crippen molar-refractivity contribution in [1.82, 2.24) is 9.55 Å². The molecule has 230 valence electrons. The van der Waals surface area contributed by atoms with Crippen LogP contribution in [-0.2, 0) is 11.3 Å². The molecule has 0 bridgehead atoms. The lowest BCUT2D eigenvalue weighted by atomic mass is 10.0. The van der Waals surface area contributed by atoms with Crippen molar-refractivity contribution in [3.63, 3.8) is 0 Å². The highest BCUT2D eigenvalue weighted by molar-refractivity contribution is 6.33. The van der Waals surface area contributed by atoms with E-state index < -0.39 is 0 Å². The molecule has 0 spiro atoms. The molecule has 0 saturated heterocycles. The van der Waals surface area contributed by atoms with Gasteiger partial charge in [0.05, 0.1) is 23.7 Å². The Bertz CT molecular complexity index is 1920. The molecule has 1 aromatic heterocycles. The molecule has 5 aromatic rings. The van der Waals surface area contributed by atoms with Gasteiger partial charge in [-0.05, 0) is 88.5 Å². The lowest BCUT2D eigenvalue weighted by Crippen LogP contribution is -2.06. The number of alkyl halides is 1. The van der Waals surface area contributed by atoms with Gasteiger partial charge in [-0.15, -0.1) is 11.6 Å². The summed E-state index contributed by atoms with van der Waals surface area (Å²) in [6, 6.07) is 31.0. The Balaban J connectivity index is 1.20. The molecular formula is C38H31Cl2N3O3. The van der Waals surface area contributed by atoms with Gasteiger partial charge in [-0.3, -0.25) is 0 Å². The number of anilines is 1. The van der Waals surface area contributed by atoms with Crippen LogP contribution in [0.15, 0.2) is 120 Å². The molecule has 0 amide bonds. The molecule has 0 aliphatic heterocycles. The molecule has 0 fully saturated rings. The van der Waals surface area contributed by atoms with E-state index in [2.05, 4.69) is 28.8 Å². The number of nitrogen functional groups attached to an aromatic ring is 1. The Morgan fingerprint density at radius 1 is 0.891 bits per heavy atom. The number of esters is 1. The minimum absolute atomic E-state index is 0.261. The highest BCUT2D eigenvalue weighted by atomic mass is 35.5. The van der Waals surface area contributed by atoms with Crippen LogP contribution in [0, 0.1) is 0 Å². The van der Waals surface area contributed by atoms with Crippen LogP contribution in [0.1, 0.15) is 39.4 Å². The summed E-state index contributed by atoms with van der Waals surface area (Å²) in [6.45, 7) is 0.557. The first-order valence-electron chi connectivity index (χ1n) is 14.7. The highest BCUT2D eigenvalue weighted by Crippen LogP contribution is 2.33. The van der Waals surface area contributed by atoms with E-state index in [-0.39, 0.29) is 11.3 Å².